The van der Waals surface area contributed by atoms with Crippen LogP contribution >= 0.6 is 0 Å². The van der Waals surface area contributed by atoms with Crippen molar-refractivity contribution in [3.63, 3.8) is 0 Å². The molecule has 0 aliphatic heterocycles. The molecule has 2 rings (SSSR count). The van der Waals surface area contributed by atoms with Crippen LogP contribution in [-0.2, 0) is 4.79 Å². The highest BCUT2D eigenvalue weighted by atomic mass is 16.3. The third-order valence-electron chi connectivity index (χ3n) is 3.19. The number of ketones is 1. The van der Waals surface area contributed by atoms with Crippen LogP contribution in [0.25, 0.3) is 0 Å². The van der Waals surface area contributed by atoms with Gasteiger partial charge in [-0.2, -0.15) is 0 Å². The molecule has 0 aromatic carbocycles. The van der Waals surface area contributed by atoms with E-state index in [1.807, 2.05) is 12.1 Å². The summed E-state index contributed by atoms with van der Waals surface area (Å²) in [7, 11) is 0. The van der Waals surface area contributed by atoms with Gasteiger partial charge >= 0.3 is 0 Å². The van der Waals surface area contributed by atoms with Crippen molar-refractivity contribution >= 4 is 5.78 Å². The summed E-state index contributed by atoms with van der Waals surface area (Å²) in [5.74, 6) is 2.70. The third kappa shape index (κ3) is 1.61. The van der Waals surface area contributed by atoms with Gasteiger partial charge in [0.15, 0.2) is 0 Å². The first kappa shape index (κ1) is 9.50. The van der Waals surface area contributed by atoms with Gasteiger partial charge in [-0.1, -0.05) is 13.8 Å². The second kappa shape index (κ2) is 3.60. The number of hydrogen-bond donors (Lipinski definition) is 0. The summed E-state index contributed by atoms with van der Waals surface area (Å²) < 4.78 is 5.39. The largest absolute Gasteiger partial charge is 0.469 e. The zero-order valence-corrected chi connectivity index (χ0v) is 8.69. The maximum absolute atomic E-state index is 11.4. The van der Waals surface area contributed by atoms with Crippen LogP contribution in [0.3, 0.4) is 0 Å². The molecule has 1 aliphatic carbocycles. The van der Waals surface area contributed by atoms with E-state index in [0.29, 0.717) is 30.0 Å². The molecular formula is C12H16O2. The maximum Gasteiger partial charge on any atom is 0.133 e. The molecule has 2 atom stereocenters. The van der Waals surface area contributed by atoms with E-state index >= 15 is 0 Å². The highest BCUT2D eigenvalue weighted by molar-refractivity contribution is 5.82. The fraction of sp³-hybridized carbons (Fsp3) is 0.583. The average molecular weight is 192 g/mol. The second-order valence-electron chi connectivity index (χ2n) is 4.48. The number of furan rings is 1. The average Bonchev–Trinajstić information content (AvgIpc) is 2.70. The zero-order chi connectivity index (χ0) is 10.1. The number of rotatable bonds is 2. The quantitative estimate of drug-likeness (QED) is 0.721. The summed E-state index contributed by atoms with van der Waals surface area (Å²) in [5.41, 5.74) is 0. The molecule has 0 radical (unpaired) electrons. The molecular weight excluding hydrogens is 176 g/mol. The predicted octanol–water partition coefficient (Wildman–Crippen LogP) is 3.00. The van der Waals surface area contributed by atoms with E-state index in [9.17, 15) is 4.79 Å². The van der Waals surface area contributed by atoms with E-state index < -0.39 is 0 Å². The molecule has 1 saturated carbocycles. The van der Waals surface area contributed by atoms with E-state index in [-0.39, 0.29) is 0 Å². The van der Waals surface area contributed by atoms with Crippen LogP contribution in [0.2, 0.25) is 0 Å². The maximum atomic E-state index is 11.4. The molecule has 0 amide bonds. The Morgan fingerprint density at radius 2 is 2.21 bits per heavy atom. The van der Waals surface area contributed by atoms with Gasteiger partial charge in [0.05, 0.1) is 6.26 Å². The number of hydrogen-bond acceptors (Lipinski definition) is 2. The fourth-order valence-corrected chi connectivity index (χ4v) is 2.40. The Kier molecular flexibility index (Phi) is 2.44. The number of carbonyl (C=O) groups excluding carboxylic acids is 1. The first-order chi connectivity index (χ1) is 6.68. The van der Waals surface area contributed by atoms with Gasteiger partial charge in [-0.15, -0.1) is 0 Å². The molecule has 0 bridgehead atoms. The topological polar surface area (TPSA) is 30.2 Å². The lowest BCUT2D eigenvalue weighted by Crippen LogP contribution is -2.12. The lowest BCUT2D eigenvalue weighted by molar-refractivity contribution is -0.117. The second-order valence-corrected chi connectivity index (χ2v) is 4.48. The smallest absolute Gasteiger partial charge is 0.133 e. The molecule has 0 spiro atoms. The summed E-state index contributed by atoms with van der Waals surface area (Å²) in [6, 6.07) is 3.88. The molecule has 0 N–H and O–H groups in total. The summed E-state index contributed by atoms with van der Waals surface area (Å²) >= 11 is 0. The molecule has 0 saturated heterocycles. The van der Waals surface area contributed by atoms with Gasteiger partial charge in [0, 0.05) is 18.8 Å². The lowest BCUT2D eigenvalue weighted by Gasteiger charge is -2.20. The van der Waals surface area contributed by atoms with Gasteiger partial charge in [-0.05, 0) is 24.0 Å². The van der Waals surface area contributed by atoms with Crippen molar-refractivity contribution in [1.29, 1.82) is 0 Å². The first-order valence-corrected chi connectivity index (χ1v) is 5.23. The molecule has 0 unspecified atom stereocenters. The van der Waals surface area contributed by atoms with Crippen molar-refractivity contribution in [2.75, 3.05) is 0 Å². The minimum absolute atomic E-state index is 0.317. The molecule has 1 heterocycles. The fourth-order valence-electron chi connectivity index (χ4n) is 2.40. The summed E-state index contributed by atoms with van der Waals surface area (Å²) in [6.45, 7) is 4.36. The molecule has 1 fully saturated rings. The summed E-state index contributed by atoms with van der Waals surface area (Å²) in [4.78, 5) is 11.4. The van der Waals surface area contributed by atoms with Crippen molar-refractivity contribution in [3.8, 4) is 0 Å². The van der Waals surface area contributed by atoms with E-state index in [2.05, 4.69) is 13.8 Å². The minimum atomic E-state index is 0.317. The van der Waals surface area contributed by atoms with Crippen molar-refractivity contribution < 1.29 is 9.21 Å². The van der Waals surface area contributed by atoms with Gasteiger partial charge in [0.25, 0.3) is 0 Å². The highest BCUT2D eigenvalue weighted by Gasteiger charge is 2.37. The zero-order valence-electron chi connectivity index (χ0n) is 8.69. The minimum Gasteiger partial charge on any atom is -0.469 e. The summed E-state index contributed by atoms with van der Waals surface area (Å²) in [5, 5.41) is 0. The summed E-state index contributed by atoms with van der Waals surface area (Å²) in [6.07, 6.45) is 3.08. The SMILES string of the molecule is CC(C)[C@H]1CC(=O)C[C@@H]1c1ccco1. The monoisotopic (exact) mass is 192 g/mol. The molecule has 1 aromatic rings. The van der Waals surface area contributed by atoms with Crippen LogP contribution in [0, 0.1) is 11.8 Å². The van der Waals surface area contributed by atoms with E-state index in [1.54, 1.807) is 6.26 Å². The Labute approximate surface area is 84.3 Å². The van der Waals surface area contributed by atoms with Crippen LogP contribution in [0.1, 0.15) is 38.4 Å². The van der Waals surface area contributed by atoms with Crippen molar-refractivity contribution in [2.45, 2.75) is 32.6 Å². The van der Waals surface area contributed by atoms with Crippen LogP contribution in [-0.4, -0.2) is 5.78 Å². The Bertz CT molecular complexity index is 311. The van der Waals surface area contributed by atoms with Crippen LogP contribution in [0.5, 0.6) is 0 Å². The van der Waals surface area contributed by atoms with Crippen LogP contribution in [0.15, 0.2) is 22.8 Å². The lowest BCUT2D eigenvalue weighted by atomic mass is 9.85. The Morgan fingerprint density at radius 1 is 1.43 bits per heavy atom. The van der Waals surface area contributed by atoms with Crippen molar-refractivity contribution in [3.05, 3.63) is 24.2 Å². The normalized spacial score (nSPS) is 27.5. The number of Topliss-reactive ketones (excluding diaryl/α,β-unsaturated/α-hetero) is 1. The van der Waals surface area contributed by atoms with Gasteiger partial charge in [-0.25, -0.2) is 0 Å². The van der Waals surface area contributed by atoms with E-state index in [0.717, 1.165) is 12.2 Å². The van der Waals surface area contributed by atoms with Crippen LogP contribution < -0.4 is 0 Å². The Morgan fingerprint density at radius 3 is 2.79 bits per heavy atom. The van der Waals surface area contributed by atoms with Gasteiger partial charge in [-0.3, -0.25) is 4.79 Å². The van der Waals surface area contributed by atoms with Gasteiger partial charge in [0.1, 0.15) is 11.5 Å². The van der Waals surface area contributed by atoms with Crippen LogP contribution in [0.4, 0.5) is 0 Å². The Hall–Kier alpha value is -1.05. The number of carbonyl (C=O) groups is 1. The van der Waals surface area contributed by atoms with Crippen molar-refractivity contribution in [1.82, 2.24) is 0 Å². The van der Waals surface area contributed by atoms with E-state index in [1.165, 1.54) is 0 Å². The standard InChI is InChI=1S/C12H16O2/c1-8(2)10-6-9(13)7-11(10)12-4-3-5-14-12/h3-5,8,10-11H,6-7H2,1-2H3/t10-,11+/m1/s1. The molecule has 2 heteroatoms. The van der Waals surface area contributed by atoms with E-state index in [4.69, 9.17) is 4.42 Å². The molecule has 1 aromatic heterocycles. The molecule has 2 nitrogen and oxygen atoms in total. The van der Waals surface area contributed by atoms with Gasteiger partial charge in [0.2, 0.25) is 0 Å². The first-order valence-electron chi connectivity index (χ1n) is 5.23. The third-order valence-corrected chi connectivity index (χ3v) is 3.19. The highest BCUT2D eigenvalue weighted by Crippen LogP contribution is 2.41. The van der Waals surface area contributed by atoms with Gasteiger partial charge < -0.3 is 4.42 Å². The van der Waals surface area contributed by atoms with Crippen molar-refractivity contribution in [2.24, 2.45) is 11.8 Å². The Balaban J connectivity index is 2.21. The molecule has 1 aliphatic rings. The molecule has 14 heavy (non-hydrogen) atoms. The predicted molar refractivity (Wildman–Crippen MR) is 54.0 cm³/mol. The molecule has 76 valence electrons.